The van der Waals surface area contributed by atoms with Crippen LogP contribution in [0.5, 0.6) is 0 Å². The molecule has 1 aliphatic heterocycles. The quantitative estimate of drug-likeness (QED) is 0.0197. The Bertz CT molecular complexity index is 1170. The van der Waals surface area contributed by atoms with E-state index < -0.39 is 59.8 Å². The molecule has 0 aromatic carbocycles. The summed E-state index contributed by atoms with van der Waals surface area (Å²) < 4.78 is 59.1. The Morgan fingerprint density at radius 3 is 1.56 bits per heavy atom. The van der Waals surface area contributed by atoms with Crippen LogP contribution in [-0.4, -0.2) is 97.5 Å². The second-order valence-corrected chi connectivity index (χ2v) is 18.1. The van der Waals surface area contributed by atoms with E-state index in [1.165, 1.54) is 141 Å². The van der Waals surface area contributed by atoms with Gasteiger partial charge >= 0.3 is 16.4 Å². The Balaban J connectivity index is 2.32. The molecular formula is C48H90O12S. The summed E-state index contributed by atoms with van der Waals surface area (Å²) in [6, 6.07) is 0. The Morgan fingerprint density at radius 1 is 0.623 bits per heavy atom. The lowest BCUT2D eigenvalue weighted by Crippen LogP contribution is -2.60. The normalized spacial score (nSPS) is 20.3. The summed E-state index contributed by atoms with van der Waals surface area (Å²) >= 11 is 0. The summed E-state index contributed by atoms with van der Waals surface area (Å²) in [5.74, 6) is -0.399. The van der Waals surface area contributed by atoms with E-state index in [1.54, 1.807) is 0 Å². The molecule has 0 aliphatic carbocycles. The van der Waals surface area contributed by atoms with E-state index in [-0.39, 0.29) is 19.6 Å². The molecule has 1 rings (SSSR count). The number of unbranched alkanes of at least 4 members (excludes halogenated alkanes) is 26. The summed E-state index contributed by atoms with van der Waals surface area (Å²) in [5.41, 5.74) is 0. The van der Waals surface area contributed by atoms with E-state index in [0.717, 1.165) is 44.9 Å². The van der Waals surface area contributed by atoms with Crippen LogP contribution in [0.3, 0.4) is 0 Å². The molecule has 12 nitrogen and oxygen atoms in total. The third-order valence-electron chi connectivity index (χ3n) is 11.3. The zero-order valence-corrected chi connectivity index (χ0v) is 39.3. The third kappa shape index (κ3) is 33.7. The van der Waals surface area contributed by atoms with Gasteiger partial charge in [0.15, 0.2) is 6.29 Å². The molecule has 0 aromatic rings. The smallest absolute Gasteiger partial charge is 0.397 e. The number of allylic oxidation sites excluding steroid dienone is 4. The molecule has 0 spiro atoms. The molecule has 360 valence electrons. The fourth-order valence-electron chi connectivity index (χ4n) is 7.59. The van der Waals surface area contributed by atoms with Gasteiger partial charge in [-0.1, -0.05) is 186 Å². The van der Waals surface area contributed by atoms with E-state index in [4.69, 9.17) is 23.5 Å². The molecule has 1 aliphatic rings. The molecule has 13 heteroatoms. The van der Waals surface area contributed by atoms with Crippen molar-refractivity contribution in [3.63, 3.8) is 0 Å². The lowest BCUT2D eigenvalue weighted by atomic mass is 9.99. The van der Waals surface area contributed by atoms with Crippen molar-refractivity contribution in [2.24, 2.45) is 0 Å². The van der Waals surface area contributed by atoms with Crippen molar-refractivity contribution in [2.75, 3.05) is 26.4 Å². The minimum absolute atomic E-state index is 0.0393. The number of rotatable bonds is 43. The number of hydrogen-bond donors (Lipinski definition) is 4. The van der Waals surface area contributed by atoms with Crippen molar-refractivity contribution < 1.29 is 56.2 Å². The van der Waals surface area contributed by atoms with Gasteiger partial charge in [-0.3, -0.25) is 9.35 Å². The monoisotopic (exact) mass is 891 g/mol. The summed E-state index contributed by atoms with van der Waals surface area (Å²) in [5, 5.41) is 30.7. The number of carbonyl (C=O) groups excluding carboxylic acids is 1. The molecule has 1 saturated heterocycles. The molecule has 0 radical (unpaired) electrons. The van der Waals surface area contributed by atoms with Crippen molar-refractivity contribution in [2.45, 2.75) is 250 Å². The summed E-state index contributed by atoms with van der Waals surface area (Å²) in [6.07, 6.45) is 36.4. The predicted molar refractivity (Wildman–Crippen MR) is 244 cm³/mol. The van der Waals surface area contributed by atoms with Crippen molar-refractivity contribution in [3.05, 3.63) is 24.3 Å². The summed E-state index contributed by atoms with van der Waals surface area (Å²) in [6.45, 7) is 3.99. The van der Waals surface area contributed by atoms with E-state index in [9.17, 15) is 28.5 Å². The molecule has 0 bridgehead atoms. The lowest BCUT2D eigenvalue weighted by Gasteiger charge is -2.41. The van der Waals surface area contributed by atoms with Crippen LogP contribution >= 0.6 is 0 Å². The van der Waals surface area contributed by atoms with Gasteiger partial charge in [0.1, 0.15) is 30.5 Å². The first kappa shape index (κ1) is 57.6. The second-order valence-electron chi connectivity index (χ2n) is 17.1. The SMILES string of the molecule is CCCCCCC/C=C\C/C=C\CCCCCCCCCCCCCC(=O)OC(COCCCCCCCCCCCCC)COC1OC(CO)C(O)C(OS(=O)(=O)O)C1O. The molecule has 0 saturated carbocycles. The van der Waals surface area contributed by atoms with E-state index >= 15 is 0 Å². The third-order valence-corrected chi connectivity index (χ3v) is 11.8. The van der Waals surface area contributed by atoms with Gasteiger partial charge in [-0.05, 0) is 44.9 Å². The maximum absolute atomic E-state index is 12.9. The Hall–Kier alpha value is -1.42. The Labute approximate surface area is 371 Å². The van der Waals surface area contributed by atoms with Crippen LogP contribution in [0.15, 0.2) is 24.3 Å². The fourth-order valence-corrected chi connectivity index (χ4v) is 8.09. The second kappa shape index (κ2) is 40.1. The van der Waals surface area contributed by atoms with E-state index in [2.05, 4.69) is 42.3 Å². The molecule has 1 fully saturated rings. The van der Waals surface area contributed by atoms with Crippen LogP contribution in [0.1, 0.15) is 213 Å². The fraction of sp³-hybridized carbons (Fsp3) is 0.896. The van der Waals surface area contributed by atoms with Crippen LogP contribution in [-0.2, 0) is 38.3 Å². The molecule has 6 atom stereocenters. The zero-order valence-electron chi connectivity index (χ0n) is 38.5. The van der Waals surface area contributed by atoms with Gasteiger partial charge in [0.25, 0.3) is 0 Å². The number of aliphatic hydroxyl groups is 3. The first-order valence-corrected chi connectivity index (χ1v) is 26.0. The molecule has 1 heterocycles. The van der Waals surface area contributed by atoms with Gasteiger partial charge in [0.2, 0.25) is 0 Å². The maximum Gasteiger partial charge on any atom is 0.397 e. The largest absolute Gasteiger partial charge is 0.457 e. The molecule has 61 heavy (non-hydrogen) atoms. The molecule has 0 aromatic heterocycles. The van der Waals surface area contributed by atoms with Gasteiger partial charge in [-0.2, -0.15) is 8.42 Å². The van der Waals surface area contributed by atoms with Crippen molar-refractivity contribution in [1.29, 1.82) is 0 Å². The first-order chi connectivity index (χ1) is 29.6. The summed E-state index contributed by atoms with van der Waals surface area (Å²) in [7, 11) is -5.06. The minimum atomic E-state index is -5.06. The number of hydrogen-bond acceptors (Lipinski definition) is 11. The average Bonchev–Trinajstić information content (AvgIpc) is 3.23. The van der Waals surface area contributed by atoms with Crippen LogP contribution in [0, 0.1) is 0 Å². The molecule has 0 amide bonds. The maximum atomic E-state index is 12.9. The highest BCUT2D eigenvalue weighted by molar-refractivity contribution is 7.80. The van der Waals surface area contributed by atoms with Gasteiger partial charge in [-0.15, -0.1) is 0 Å². The first-order valence-electron chi connectivity index (χ1n) is 24.6. The number of aliphatic hydroxyl groups excluding tert-OH is 3. The van der Waals surface area contributed by atoms with E-state index in [1.807, 2.05) is 0 Å². The predicted octanol–water partition coefficient (Wildman–Crippen LogP) is 10.8. The molecular weight excluding hydrogens is 801 g/mol. The number of carbonyl (C=O) groups is 1. The van der Waals surface area contributed by atoms with Crippen LogP contribution in [0.25, 0.3) is 0 Å². The Morgan fingerprint density at radius 2 is 1.08 bits per heavy atom. The lowest BCUT2D eigenvalue weighted by molar-refractivity contribution is -0.301. The van der Waals surface area contributed by atoms with Crippen LogP contribution in [0.2, 0.25) is 0 Å². The molecule has 6 unspecified atom stereocenters. The standard InChI is InChI=1S/C48H90O12S/c1-3-5-7-9-11-13-15-16-17-18-19-20-21-22-23-24-25-26-27-29-31-33-35-37-44(50)58-42(40-56-38-36-34-32-30-28-14-12-10-8-6-4-2)41-57-48-46(52)47(60-61(53,54)55)45(51)43(39-49)59-48/h15-16,18-19,42-43,45-49,51-52H,3-14,17,20-41H2,1-2H3,(H,53,54,55)/b16-15-,19-18-. The van der Waals surface area contributed by atoms with Gasteiger partial charge < -0.3 is 34.3 Å². The molecule has 4 N–H and O–H groups in total. The van der Waals surface area contributed by atoms with Crippen molar-refractivity contribution in [3.8, 4) is 0 Å². The van der Waals surface area contributed by atoms with Gasteiger partial charge in [0, 0.05) is 13.0 Å². The van der Waals surface area contributed by atoms with Gasteiger partial charge in [0.05, 0.1) is 19.8 Å². The van der Waals surface area contributed by atoms with E-state index in [0.29, 0.717) is 13.0 Å². The number of esters is 1. The minimum Gasteiger partial charge on any atom is -0.457 e. The summed E-state index contributed by atoms with van der Waals surface area (Å²) in [4.78, 5) is 12.9. The highest BCUT2D eigenvalue weighted by Gasteiger charge is 2.48. The number of ether oxygens (including phenoxy) is 4. The Kier molecular flexibility index (Phi) is 37.9. The topological polar surface area (TPSA) is 178 Å². The highest BCUT2D eigenvalue weighted by Crippen LogP contribution is 2.26. The van der Waals surface area contributed by atoms with Crippen molar-refractivity contribution >= 4 is 16.4 Å². The van der Waals surface area contributed by atoms with Crippen molar-refractivity contribution in [1.82, 2.24) is 0 Å². The van der Waals surface area contributed by atoms with Gasteiger partial charge in [-0.25, -0.2) is 4.18 Å². The van der Waals surface area contributed by atoms with Crippen LogP contribution in [0.4, 0.5) is 0 Å². The highest BCUT2D eigenvalue weighted by atomic mass is 32.3. The van der Waals surface area contributed by atoms with Crippen LogP contribution < -0.4 is 0 Å². The average molecular weight is 891 g/mol. The zero-order chi connectivity index (χ0) is 44.7.